The molecule has 78 valence electrons. The first kappa shape index (κ1) is 10.5. The summed E-state index contributed by atoms with van der Waals surface area (Å²) in [6.07, 6.45) is 0. The van der Waals surface area contributed by atoms with Crippen LogP contribution < -0.4 is 5.14 Å². The molecule has 0 amide bonds. The molecule has 0 spiro atoms. The third kappa shape index (κ3) is 1.99. The number of thiol groups is 1. The molecule has 0 radical (unpaired) electrons. The van der Waals surface area contributed by atoms with Crippen molar-refractivity contribution in [1.82, 2.24) is 0 Å². The van der Waals surface area contributed by atoms with Crippen molar-refractivity contribution >= 4 is 33.4 Å². The van der Waals surface area contributed by atoms with E-state index >= 15 is 0 Å². The van der Waals surface area contributed by atoms with Crippen LogP contribution in [0.2, 0.25) is 0 Å². The van der Waals surface area contributed by atoms with Crippen LogP contribution in [0.1, 0.15) is 0 Å². The van der Waals surface area contributed by atoms with Gasteiger partial charge < -0.3 is 0 Å². The minimum Gasteiger partial charge on any atom is -0.225 e. The van der Waals surface area contributed by atoms with Crippen molar-refractivity contribution in [3.63, 3.8) is 0 Å². The maximum absolute atomic E-state index is 11.1. The van der Waals surface area contributed by atoms with Crippen molar-refractivity contribution < 1.29 is 8.42 Å². The van der Waals surface area contributed by atoms with Gasteiger partial charge in [0.25, 0.3) is 0 Å². The Morgan fingerprint density at radius 3 is 2.53 bits per heavy atom. The van der Waals surface area contributed by atoms with Crippen molar-refractivity contribution in [2.45, 2.75) is 9.79 Å². The molecular formula is C10H9NO2S2. The van der Waals surface area contributed by atoms with E-state index in [0.29, 0.717) is 0 Å². The summed E-state index contributed by atoms with van der Waals surface area (Å²) in [5, 5.41) is 6.77. The zero-order valence-corrected chi connectivity index (χ0v) is 9.42. The molecule has 15 heavy (non-hydrogen) atoms. The van der Waals surface area contributed by atoms with Gasteiger partial charge in [-0.15, -0.1) is 12.6 Å². The van der Waals surface area contributed by atoms with E-state index in [1.807, 2.05) is 12.1 Å². The van der Waals surface area contributed by atoms with Crippen LogP contribution in [0, 0.1) is 0 Å². The van der Waals surface area contributed by atoms with Gasteiger partial charge in [0.1, 0.15) is 0 Å². The standard InChI is InChI=1S/C10H9NO2S2/c11-15(12,13)8-5-4-7-2-1-3-10(14)9(7)6-8/h1-6,14H,(H2,11,12,13). The van der Waals surface area contributed by atoms with Gasteiger partial charge in [-0.25, -0.2) is 13.6 Å². The molecule has 0 heterocycles. The second-order valence-corrected chi connectivity index (χ2v) is 5.25. The van der Waals surface area contributed by atoms with Crippen molar-refractivity contribution in [2.24, 2.45) is 5.14 Å². The first-order valence-electron chi connectivity index (χ1n) is 4.23. The van der Waals surface area contributed by atoms with Crippen LogP contribution in [0.5, 0.6) is 0 Å². The second kappa shape index (κ2) is 3.52. The largest absolute Gasteiger partial charge is 0.238 e. The summed E-state index contributed by atoms with van der Waals surface area (Å²) >= 11 is 4.26. The summed E-state index contributed by atoms with van der Waals surface area (Å²) in [6, 6.07) is 10.3. The molecule has 0 atom stereocenters. The topological polar surface area (TPSA) is 60.2 Å². The zero-order valence-electron chi connectivity index (χ0n) is 7.71. The average molecular weight is 239 g/mol. The summed E-state index contributed by atoms with van der Waals surface area (Å²) in [5.74, 6) is 0. The molecule has 2 rings (SSSR count). The minimum absolute atomic E-state index is 0.108. The Labute approximate surface area is 93.4 Å². The van der Waals surface area contributed by atoms with Gasteiger partial charge in [-0.3, -0.25) is 0 Å². The molecule has 3 nitrogen and oxygen atoms in total. The third-order valence-electron chi connectivity index (χ3n) is 2.16. The number of hydrogen-bond acceptors (Lipinski definition) is 3. The number of fused-ring (bicyclic) bond motifs is 1. The fourth-order valence-electron chi connectivity index (χ4n) is 1.41. The lowest BCUT2D eigenvalue weighted by molar-refractivity contribution is 0.598. The fraction of sp³-hybridized carbons (Fsp3) is 0. The number of rotatable bonds is 1. The van der Waals surface area contributed by atoms with Gasteiger partial charge >= 0.3 is 0 Å². The summed E-state index contributed by atoms with van der Waals surface area (Å²) in [4.78, 5) is 0.842. The van der Waals surface area contributed by atoms with Crippen LogP contribution in [0.4, 0.5) is 0 Å². The third-order valence-corrected chi connectivity index (χ3v) is 3.46. The lowest BCUT2D eigenvalue weighted by Crippen LogP contribution is -2.11. The van der Waals surface area contributed by atoms with Gasteiger partial charge in [0.05, 0.1) is 4.90 Å². The van der Waals surface area contributed by atoms with Gasteiger partial charge in [-0.1, -0.05) is 18.2 Å². The van der Waals surface area contributed by atoms with Crippen LogP contribution in [0.25, 0.3) is 10.8 Å². The summed E-state index contributed by atoms with van der Waals surface area (Å²) < 4.78 is 22.3. The first-order chi connectivity index (χ1) is 6.98. The van der Waals surface area contributed by atoms with E-state index in [4.69, 9.17) is 5.14 Å². The number of primary sulfonamides is 1. The predicted octanol–water partition coefficient (Wildman–Crippen LogP) is 1.78. The molecular weight excluding hydrogens is 230 g/mol. The highest BCUT2D eigenvalue weighted by molar-refractivity contribution is 7.89. The van der Waals surface area contributed by atoms with Gasteiger partial charge in [0, 0.05) is 4.90 Å². The van der Waals surface area contributed by atoms with E-state index in [9.17, 15) is 8.42 Å². The number of nitrogens with two attached hydrogens (primary N) is 1. The molecule has 5 heteroatoms. The van der Waals surface area contributed by atoms with E-state index < -0.39 is 10.0 Å². The second-order valence-electron chi connectivity index (χ2n) is 3.21. The molecule has 0 aliphatic heterocycles. The molecule has 0 aliphatic carbocycles. The highest BCUT2D eigenvalue weighted by Gasteiger charge is 2.08. The minimum atomic E-state index is -3.64. The summed E-state index contributed by atoms with van der Waals surface area (Å²) in [6.45, 7) is 0. The van der Waals surface area contributed by atoms with Crippen LogP contribution in [0.15, 0.2) is 46.2 Å². The van der Waals surface area contributed by atoms with Crippen molar-refractivity contribution in [3.8, 4) is 0 Å². The zero-order chi connectivity index (χ0) is 11.1. The Balaban J connectivity index is 2.81. The number of sulfonamides is 1. The highest BCUT2D eigenvalue weighted by Crippen LogP contribution is 2.24. The van der Waals surface area contributed by atoms with E-state index in [-0.39, 0.29) is 4.90 Å². The molecule has 0 saturated carbocycles. The van der Waals surface area contributed by atoms with Gasteiger partial charge in [0.15, 0.2) is 0 Å². The quantitative estimate of drug-likeness (QED) is 0.745. The fourth-order valence-corrected chi connectivity index (χ4v) is 2.23. The van der Waals surface area contributed by atoms with Crippen LogP contribution >= 0.6 is 12.6 Å². The molecule has 2 aromatic carbocycles. The average Bonchev–Trinajstić information content (AvgIpc) is 2.16. The molecule has 2 aromatic rings. The maximum atomic E-state index is 11.1. The molecule has 0 bridgehead atoms. The maximum Gasteiger partial charge on any atom is 0.238 e. The summed E-state index contributed by atoms with van der Waals surface area (Å²) in [5.41, 5.74) is 0. The van der Waals surface area contributed by atoms with E-state index in [2.05, 4.69) is 12.6 Å². The smallest absolute Gasteiger partial charge is 0.225 e. The monoisotopic (exact) mass is 239 g/mol. The van der Waals surface area contributed by atoms with E-state index in [1.54, 1.807) is 12.1 Å². The van der Waals surface area contributed by atoms with Gasteiger partial charge in [-0.2, -0.15) is 0 Å². The molecule has 2 N–H and O–H groups in total. The Morgan fingerprint density at radius 2 is 1.87 bits per heavy atom. The molecule has 0 unspecified atom stereocenters. The van der Waals surface area contributed by atoms with Crippen LogP contribution in [0.3, 0.4) is 0 Å². The predicted molar refractivity (Wildman–Crippen MR) is 62.6 cm³/mol. The number of benzene rings is 2. The van der Waals surface area contributed by atoms with E-state index in [1.165, 1.54) is 12.1 Å². The lowest BCUT2D eigenvalue weighted by Gasteiger charge is -2.03. The van der Waals surface area contributed by atoms with Gasteiger partial charge in [0.2, 0.25) is 10.0 Å². The van der Waals surface area contributed by atoms with Crippen molar-refractivity contribution in [1.29, 1.82) is 0 Å². The lowest BCUT2D eigenvalue weighted by atomic mass is 10.1. The molecule has 0 saturated heterocycles. The van der Waals surface area contributed by atoms with Crippen molar-refractivity contribution in [2.75, 3.05) is 0 Å². The Hall–Kier alpha value is -1.04. The molecule has 0 fully saturated rings. The SMILES string of the molecule is NS(=O)(=O)c1ccc2cccc(S)c2c1. The normalized spacial score (nSPS) is 11.9. The van der Waals surface area contributed by atoms with Crippen LogP contribution in [-0.4, -0.2) is 8.42 Å². The van der Waals surface area contributed by atoms with Gasteiger partial charge in [-0.05, 0) is 29.0 Å². The number of hydrogen-bond donors (Lipinski definition) is 2. The van der Waals surface area contributed by atoms with E-state index in [0.717, 1.165) is 15.7 Å². The summed E-state index contributed by atoms with van der Waals surface area (Å²) in [7, 11) is -3.64. The van der Waals surface area contributed by atoms with Crippen molar-refractivity contribution in [3.05, 3.63) is 36.4 Å². The first-order valence-corrected chi connectivity index (χ1v) is 6.22. The van der Waals surface area contributed by atoms with Crippen LogP contribution in [-0.2, 0) is 10.0 Å². The molecule has 0 aromatic heterocycles. The highest BCUT2D eigenvalue weighted by atomic mass is 32.2. The molecule has 0 aliphatic rings. The Kier molecular flexibility index (Phi) is 2.46. The Bertz CT molecular complexity index is 620. The Morgan fingerprint density at radius 1 is 1.13 bits per heavy atom.